The van der Waals surface area contributed by atoms with Crippen LogP contribution in [0.4, 0.5) is 23.2 Å². The predicted octanol–water partition coefficient (Wildman–Crippen LogP) is 4.39. The summed E-state index contributed by atoms with van der Waals surface area (Å²) < 4.78 is 56.0. The van der Waals surface area contributed by atoms with Crippen LogP contribution in [0.3, 0.4) is 0 Å². The highest BCUT2D eigenvalue weighted by molar-refractivity contribution is 7.80. The normalized spacial score (nSPS) is 22.7. The maximum Gasteiger partial charge on any atom is 0.417 e. The SMILES string of the molecule is CNC(=O)c1ccc(N2C(=S)N(C3(C)C=C(C(F)(F)F)C(C#N)=CCC3)C(=O)C2(C)C)cc1F. The first-order valence-corrected chi connectivity index (χ1v) is 10.7. The van der Waals surface area contributed by atoms with Crippen LogP contribution < -0.4 is 10.2 Å². The first kappa shape index (κ1) is 25.4. The van der Waals surface area contributed by atoms with Crippen molar-refractivity contribution in [1.29, 1.82) is 5.26 Å². The van der Waals surface area contributed by atoms with Crippen LogP contribution in [0.1, 0.15) is 44.0 Å². The molecule has 0 spiro atoms. The summed E-state index contributed by atoms with van der Waals surface area (Å²) in [6, 6.07) is 5.29. The van der Waals surface area contributed by atoms with Crippen LogP contribution >= 0.6 is 12.2 Å². The largest absolute Gasteiger partial charge is 0.417 e. The molecular formula is C23H22F4N4O2S. The molecule has 1 N–H and O–H groups in total. The first-order chi connectivity index (χ1) is 15.7. The number of anilines is 1. The monoisotopic (exact) mass is 494 g/mol. The van der Waals surface area contributed by atoms with Gasteiger partial charge < -0.3 is 10.2 Å². The maximum atomic E-state index is 14.7. The molecule has 1 saturated heterocycles. The van der Waals surface area contributed by atoms with Crippen LogP contribution in [0.2, 0.25) is 0 Å². The molecule has 1 heterocycles. The Bertz CT molecular complexity index is 1180. The van der Waals surface area contributed by atoms with E-state index in [1.807, 2.05) is 0 Å². The van der Waals surface area contributed by atoms with Gasteiger partial charge >= 0.3 is 6.18 Å². The number of carbonyl (C=O) groups is 2. The van der Waals surface area contributed by atoms with Crippen molar-refractivity contribution >= 4 is 34.8 Å². The van der Waals surface area contributed by atoms with Crippen LogP contribution in [0, 0.1) is 17.1 Å². The van der Waals surface area contributed by atoms with Gasteiger partial charge in [-0.25, -0.2) is 4.39 Å². The van der Waals surface area contributed by atoms with Gasteiger partial charge in [0.2, 0.25) is 0 Å². The molecule has 2 amide bonds. The molecule has 1 aromatic carbocycles. The molecule has 180 valence electrons. The Kier molecular flexibility index (Phi) is 6.35. The minimum absolute atomic E-state index is 0.0809. The fraction of sp³-hybridized carbons (Fsp3) is 0.391. The number of rotatable bonds is 3. The number of amides is 2. The lowest BCUT2D eigenvalue weighted by atomic mass is 9.91. The number of carbonyl (C=O) groups excluding carboxylic acids is 2. The highest BCUT2D eigenvalue weighted by Gasteiger charge is 2.55. The minimum Gasteiger partial charge on any atom is -0.355 e. The van der Waals surface area contributed by atoms with Gasteiger partial charge in [-0.3, -0.25) is 14.5 Å². The van der Waals surface area contributed by atoms with E-state index in [1.165, 1.54) is 50.9 Å². The van der Waals surface area contributed by atoms with Crippen LogP contribution in [-0.2, 0) is 4.79 Å². The second kappa shape index (κ2) is 8.51. The second-order valence-corrected chi connectivity index (χ2v) is 9.11. The second-order valence-electron chi connectivity index (χ2n) is 8.74. The Balaban J connectivity index is 2.11. The predicted molar refractivity (Wildman–Crippen MR) is 121 cm³/mol. The molecule has 11 heteroatoms. The highest BCUT2D eigenvalue weighted by Crippen LogP contribution is 2.43. The number of hydrogen-bond acceptors (Lipinski definition) is 4. The summed E-state index contributed by atoms with van der Waals surface area (Å²) in [6.45, 7) is 4.51. The third-order valence-corrected chi connectivity index (χ3v) is 6.40. The molecule has 1 aliphatic heterocycles. The van der Waals surface area contributed by atoms with Gasteiger partial charge in [-0.05, 0) is 70.1 Å². The molecule has 3 rings (SSSR count). The number of nitrogens with one attached hydrogen (secondary N) is 1. The fourth-order valence-electron chi connectivity index (χ4n) is 4.24. The van der Waals surface area contributed by atoms with Crippen molar-refractivity contribution < 1.29 is 27.2 Å². The summed E-state index contributed by atoms with van der Waals surface area (Å²) in [6.07, 6.45) is -2.56. The first-order valence-electron chi connectivity index (χ1n) is 10.3. The van der Waals surface area contributed by atoms with Crippen molar-refractivity contribution in [2.45, 2.75) is 50.9 Å². The molecule has 0 aromatic heterocycles. The molecule has 34 heavy (non-hydrogen) atoms. The zero-order valence-corrected chi connectivity index (χ0v) is 19.7. The van der Waals surface area contributed by atoms with Crippen molar-refractivity contribution in [3.05, 3.63) is 52.9 Å². The van der Waals surface area contributed by atoms with E-state index in [4.69, 9.17) is 12.2 Å². The van der Waals surface area contributed by atoms with Crippen LogP contribution in [-0.4, -0.2) is 46.1 Å². The van der Waals surface area contributed by atoms with Gasteiger partial charge in [-0.1, -0.05) is 6.08 Å². The van der Waals surface area contributed by atoms with Crippen LogP contribution in [0.5, 0.6) is 0 Å². The van der Waals surface area contributed by atoms with Gasteiger partial charge in [-0.15, -0.1) is 0 Å². The third kappa shape index (κ3) is 4.07. The topological polar surface area (TPSA) is 76.4 Å². The number of hydrogen-bond donors (Lipinski definition) is 1. The Hall–Kier alpha value is -3.26. The van der Waals surface area contributed by atoms with Crippen LogP contribution in [0.15, 0.2) is 41.5 Å². The molecule has 1 unspecified atom stereocenters. The number of thiocarbonyl (C=S) groups is 1. The van der Waals surface area contributed by atoms with Crippen molar-refractivity contribution in [1.82, 2.24) is 10.2 Å². The molecule has 1 aliphatic carbocycles. The summed E-state index contributed by atoms with van der Waals surface area (Å²) in [5.41, 5.74) is -4.55. The quantitative estimate of drug-likeness (QED) is 0.498. The number of halogens is 4. The number of allylic oxidation sites excluding steroid dienone is 3. The van der Waals surface area contributed by atoms with Gasteiger partial charge in [0.15, 0.2) is 5.11 Å². The van der Waals surface area contributed by atoms with Gasteiger partial charge in [0.1, 0.15) is 11.4 Å². The number of alkyl halides is 3. The summed E-state index contributed by atoms with van der Waals surface area (Å²) in [7, 11) is 1.35. The molecule has 1 atom stereocenters. The highest BCUT2D eigenvalue weighted by atomic mass is 32.1. The molecule has 0 bridgehead atoms. The zero-order chi connectivity index (χ0) is 25.6. The van der Waals surface area contributed by atoms with Gasteiger partial charge in [0.05, 0.1) is 28.3 Å². The summed E-state index contributed by atoms with van der Waals surface area (Å²) >= 11 is 5.54. The molecule has 6 nitrogen and oxygen atoms in total. The van der Waals surface area contributed by atoms with Crippen molar-refractivity contribution in [3.8, 4) is 6.07 Å². The Morgan fingerprint density at radius 2 is 1.88 bits per heavy atom. The average molecular weight is 495 g/mol. The van der Waals surface area contributed by atoms with Crippen molar-refractivity contribution in [2.75, 3.05) is 11.9 Å². The number of nitrogens with zero attached hydrogens (tertiary/aromatic N) is 3. The zero-order valence-electron chi connectivity index (χ0n) is 18.9. The lowest BCUT2D eigenvalue weighted by Crippen LogP contribution is -2.50. The molecule has 0 radical (unpaired) electrons. The molecule has 1 aromatic rings. The fourth-order valence-corrected chi connectivity index (χ4v) is 4.86. The van der Waals surface area contributed by atoms with E-state index in [1.54, 1.807) is 6.07 Å². The Morgan fingerprint density at radius 3 is 2.41 bits per heavy atom. The summed E-state index contributed by atoms with van der Waals surface area (Å²) in [4.78, 5) is 27.8. The summed E-state index contributed by atoms with van der Waals surface area (Å²) in [5.74, 6) is -2.06. The van der Waals surface area contributed by atoms with E-state index in [2.05, 4.69) is 5.32 Å². The lowest BCUT2D eigenvalue weighted by Gasteiger charge is -2.36. The molecule has 2 aliphatic rings. The Morgan fingerprint density at radius 1 is 1.24 bits per heavy atom. The summed E-state index contributed by atoms with van der Waals surface area (Å²) in [5, 5.41) is 11.4. The van der Waals surface area contributed by atoms with E-state index in [-0.39, 0.29) is 29.2 Å². The minimum atomic E-state index is -4.81. The van der Waals surface area contributed by atoms with Gasteiger partial charge in [-0.2, -0.15) is 18.4 Å². The van der Waals surface area contributed by atoms with E-state index >= 15 is 0 Å². The van der Waals surface area contributed by atoms with E-state index in [0.29, 0.717) is 0 Å². The molecule has 1 fully saturated rings. The molecular weight excluding hydrogens is 472 g/mol. The lowest BCUT2D eigenvalue weighted by molar-refractivity contribution is -0.132. The van der Waals surface area contributed by atoms with E-state index in [9.17, 15) is 32.4 Å². The van der Waals surface area contributed by atoms with E-state index in [0.717, 1.165) is 17.0 Å². The Labute approximate surface area is 199 Å². The van der Waals surface area contributed by atoms with Crippen molar-refractivity contribution in [3.63, 3.8) is 0 Å². The van der Waals surface area contributed by atoms with Gasteiger partial charge in [0, 0.05) is 12.7 Å². The van der Waals surface area contributed by atoms with E-state index < -0.39 is 46.0 Å². The van der Waals surface area contributed by atoms with Crippen molar-refractivity contribution in [2.24, 2.45) is 0 Å². The number of nitriles is 1. The van der Waals surface area contributed by atoms with Crippen LogP contribution in [0.25, 0.3) is 0 Å². The average Bonchev–Trinajstić information content (AvgIpc) is 2.85. The smallest absolute Gasteiger partial charge is 0.355 e. The standard InChI is InChI=1S/C23H22F4N4O2S/c1-21(2)19(33)31(22(3)9-5-6-13(12-28)16(11-22)23(25,26)27)20(34)30(21)14-7-8-15(17(24)10-14)18(32)29-4/h6-8,10-11H,5,9H2,1-4H3,(H,29,32). The number of benzene rings is 1. The molecule has 0 saturated carbocycles. The maximum absolute atomic E-state index is 14.7. The van der Waals surface area contributed by atoms with Gasteiger partial charge in [0.25, 0.3) is 11.8 Å². The third-order valence-electron chi connectivity index (χ3n) is 6.03.